The normalized spacial score (nSPS) is 12.6. The molecule has 1 aromatic carbocycles. The van der Waals surface area contributed by atoms with Gasteiger partial charge in [-0.15, -0.1) is 10.2 Å². The van der Waals surface area contributed by atoms with Crippen molar-refractivity contribution < 1.29 is 23.1 Å². The van der Waals surface area contributed by atoms with Gasteiger partial charge in [0.2, 0.25) is 0 Å². The molecule has 0 aliphatic rings. The summed E-state index contributed by atoms with van der Waals surface area (Å²) in [6.07, 6.45) is 0.740. The Morgan fingerprint density at radius 1 is 1.15 bits per heavy atom. The minimum atomic E-state index is -0.766. The fraction of sp³-hybridized carbons (Fsp3) is 0.350. The lowest BCUT2D eigenvalue weighted by molar-refractivity contribution is -0.153. The molecule has 3 rings (SSSR count). The number of aromatic nitrogens is 2. The Morgan fingerprint density at radius 2 is 1.89 bits per heavy atom. The van der Waals surface area contributed by atoms with Gasteiger partial charge in [0, 0.05) is 0 Å². The van der Waals surface area contributed by atoms with E-state index in [1.165, 1.54) is 11.8 Å². The van der Waals surface area contributed by atoms with Crippen molar-refractivity contribution in [3.05, 3.63) is 54.1 Å². The summed E-state index contributed by atoms with van der Waals surface area (Å²) >= 11 is 0. The molecular formula is C20H22N2O5. The molecule has 0 saturated heterocycles. The average Bonchev–Trinajstić information content (AvgIpc) is 3.30. The Kier molecular flexibility index (Phi) is 5.30. The molecule has 1 atom stereocenters. The highest BCUT2D eigenvalue weighted by molar-refractivity contribution is 5.74. The summed E-state index contributed by atoms with van der Waals surface area (Å²) in [5.74, 6) is 0.944. The van der Waals surface area contributed by atoms with E-state index in [1.54, 1.807) is 19.1 Å². The zero-order valence-electron chi connectivity index (χ0n) is 15.8. The number of carbonyl (C=O) groups excluding carboxylic acids is 1. The van der Waals surface area contributed by atoms with Crippen LogP contribution in [-0.4, -0.2) is 22.3 Å². The summed E-state index contributed by atoms with van der Waals surface area (Å²) in [7, 11) is 0. The topological polar surface area (TPSA) is 87.6 Å². The van der Waals surface area contributed by atoms with Crippen molar-refractivity contribution >= 4 is 5.97 Å². The monoisotopic (exact) mass is 370 g/mol. The van der Waals surface area contributed by atoms with Gasteiger partial charge < -0.3 is 18.3 Å². The highest BCUT2D eigenvalue weighted by Crippen LogP contribution is 2.25. The van der Waals surface area contributed by atoms with Crippen LogP contribution in [0.1, 0.15) is 39.1 Å². The van der Waals surface area contributed by atoms with Gasteiger partial charge in [-0.05, 0) is 42.2 Å². The lowest BCUT2D eigenvalue weighted by atomic mass is 9.87. The van der Waals surface area contributed by atoms with Crippen molar-refractivity contribution in [2.75, 3.05) is 0 Å². The molecule has 0 aliphatic carbocycles. The number of furan rings is 1. The number of nitrogens with zero attached hydrogens (tertiary/aromatic N) is 2. The molecule has 0 spiro atoms. The fourth-order valence-electron chi connectivity index (χ4n) is 2.35. The van der Waals surface area contributed by atoms with Gasteiger partial charge in [0.1, 0.15) is 5.75 Å². The summed E-state index contributed by atoms with van der Waals surface area (Å²) in [5, 5.41) is 7.67. The van der Waals surface area contributed by atoms with Crippen LogP contribution in [0.25, 0.3) is 11.7 Å². The second-order valence-corrected chi connectivity index (χ2v) is 7.12. The van der Waals surface area contributed by atoms with E-state index in [0.717, 1.165) is 0 Å². The molecule has 27 heavy (non-hydrogen) atoms. The number of hydrogen-bond donors (Lipinski definition) is 0. The van der Waals surface area contributed by atoms with Crippen LogP contribution in [0.15, 0.2) is 51.5 Å². The molecule has 2 aromatic heterocycles. The Hall–Kier alpha value is -3.09. The predicted octanol–water partition coefficient (Wildman–Crippen LogP) is 4.14. The van der Waals surface area contributed by atoms with Crippen LogP contribution in [0.2, 0.25) is 0 Å². The van der Waals surface area contributed by atoms with E-state index < -0.39 is 12.1 Å². The standard InChI is InChI=1S/C20H22N2O5/c1-13(26-15-9-7-14(8-10-15)20(2,3)4)19(23)25-12-17-21-22-18(27-17)16-6-5-11-24-16/h5-11,13H,12H2,1-4H3/t13-/m1/s1. The maximum Gasteiger partial charge on any atom is 0.347 e. The van der Waals surface area contributed by atoms with Crippen LogP contribution >= 0.6 is 0 Å². The van der Waals surface area contributed by atoms with E-state index >= 15 is 0 Å². The maximum atomic E-state index is 12.1. The SMILES string of the molecule is C[C@@H](Oc1ccc(C(C)(C)C)cc1)C(=O)OCc1nnc(-c2ccco2)o1. The van der Waals surface area contributed by atoms with Crippen LogP contribution in [0, 0.1) is 0 Å². The summed E-state index contributed by atoms with van der Waals surface area (Å²) < 4.78 is 21.4. The molecule has 7 nitrogen and oxygen atoms in total. The molecule has 3 aromatic rings. The first-order chi connectivity index (χ1) is 12.8. The zero-order chi connectivity index (χ0) is 19.4. The van der Waals surface area contributed by atoms with Gasteiger partial charge in [0.15, 0.2) is 18.5 Å². The molecule has 7 heteroatoms. The number of ether oxygens (including phenoxy) is 2. The van der Waals surface area contributed by atoms with Crippen molar-refractivity contribution in [3.8, 4) is 17.4 Å². The van der Waals surface area contributed by atoms with Crippen molar-refractivity contribution in [1.29, 1.82) is 0 Å². The largest absolute Gasteiger partial charge is 0.479 e. The molecule has 0 radical (unpaired) electrons. The van der Waals surface area contributed by atoms with Gasteiger partial charge in [-0.25, -0.2) is 4.79 Å². The van der Waals surface area contributed by atoms with Crippen LogP contribution < -0.4 is 4.74 Å². The van der Waals surface area contributed by atoms with E-state index in [-0.39, 0.29) is 23.8 Å². The van der Waals surface area contributed by atoms with Crippen molar-refractivity contribution in [3.63, 3.8) is 0 Å². The maximum absolute atomic E-state index is 12.1. The minimum absolute atomic E-state index is 0.0572. The average molecular weight is 370 g/mol. The lowest BCUT2D eigenvalue weighted by Gasteiger charge is -2.20. The van der Waals surface area contributed by atoms with Crippen LogP contribution in [0.4, 0.5) is 0 Å². The molecule has 0 aliphatic heterocycles. The van der Waals surface area contributed by atoms with E-state index in [0.29, 0.717) is 11.5 Å². The van der Waals surface area contributed by atoms with Gasteiger partial charge in [0.25, 0.3) is 11.8 Å². The van der Waals surface area contributed by atoms with Gasteiger partial charge in [0.05, 0.1) is 6.26 Å². The van der Waals surface area contributed by atoms with Gasteiger partial charge >= 0.3 is 5.97 Å². The number of hydrogen-bond acceptors (Lipinski definition) is 7. The van der Waals surface area contributed by atoms with Gasteiger partial charge in [-0.2, -0.15) is 0 Å². The second-order valence-electron chi connectivity index (χ2n) is 7.12. The first kappa shape index (κ1) is 18.7. The lowest BCUT2D eigenvalue weighted by Crippen LogP contribution is -2.26. The summed E-state index contributed by atoms with van der Waals surface area (Å²) in [4.78, 5) is 12.1. The molecule has 0 bridgehead atoms. The predicted molar refractivity (Wildman–Crippen MR) is 97.0 cm³/mol. The Balaban J connectivity index is 1.52. The smallest absolute Gasteiger partial charge is 0.347 e. The third kappa shape index (κ3) is 4.75. The number of carbonyl (C=O) groups is 1. The first-order valence-electron chi connectivity index (χ1n) is 8.63. The van der Waals surface area contributed by atoms with E-state index in [2.05, 4.69) is 31.0 Å². The zero-order valence-corrected chi connectivity index (χ0v) is 15.8. The third-order valence-corrected chi connectivity index (χ3v) is 3.90. The van der Waals surface area contributed by atoms with Crippen molar-refractivity contribution in [1.82, 2.24) is 10.2 Å². The first-order valence-corrected chi connectivity index (χ1v) is 8.63. The molecule has 0 fully saturated rings. The van der Waals surface area contributed by atoms with Gasteiger partial charge in [-0.3, -0.25) is 0 Å². The Morgan fingerprint density at radius 3 is 2.52 bits per heavy atom. The van der Waals surface area contributed by atoms with E-state index in [9.17, 15) is 4.79 Å². The van der Waals surface area contributed by atoms with Crippen LogP contribution in [0.3, 0.4) is 0 Å². The summed E-state index contributed by atoms with van der Waals surface area (Å²) in [5.41, 5.74) is 1.25. The molecule has 142 valence electrons. The van der Waals surface area contributed by atoms with Crippen LogP contribution in [-0.2, 0) is 21.6 Å². The minimum Gasteiger partial charge on any atom is -0.479 e. The molecular weight excluding hydrogens is 348 g/mol. The quantitative estimate of drug-likeness (QED) is 0.603. The third-order valence-electron chi connectivity index (χ3n) is 3.90. The van der Waals surface area contributed by atoms with Crippen molar-refractivity contribution in [2.24, 2.45) is 0 Å². The van der Waals surface area contributed by atoms with Gasteiger partial charge in [-0.1, -0.05) is 32.9 Å². The Bertz CT molecular complexity index is 876. The van der Waals surface area contributed by atoms with Crippen LogP contribution in [0.5, 0.6) is 5.75 Å². The number of esters is 1. The summed E-state index contributed by atoms with van der Waals surface area (Å²) in [6, 6.07) is 11.1. The molecule has 0 unspecified atom stereocenters. The molecule has 0 amide bonds. The molecule has 2 heterocycles. The van der Waals surface area contributed by atoms with Crippen molar-refractivity contribution in [2.45, 2.75) is 45.8 Å². The Labute approximate surface area is 157 Å². The van der Waals surface area contributed by atoms with E-state index in [1.807, 2.05) is 24.3 Å². The number of rotatable bonds is 6. The highest BCUT2D eigenvalue weighted by Gasteiger charge is 2.19. The molecule has 0 N–H and O–H groups in total. The highest BCUT2D eigenvalue weighted by atomic mass is 16.6. The number of benzene rings is 1. The summed E-state index contributed by atoms with van der Waals surface area (Å²) in [6.45, 7) is 7.90. The molecule has 0 saturated carbocycles. The second kappa shape index (κ2) is 7.65. The fourth-order valence-corrected chi connectivity index (χ4v) is 2.35. The van der Waals surface area contributed by atoms with E-state index in [4.69, 9.17) is 18.3 Å².